The summed E-state index contributed by atoms with van der Waals surface area (Å²) in [5, 5.41) is 3.59. The smallest absolute Gasteiger partial charge is 0.0963 e. The summed E-state index contributed by atoms with van der Waals surface area (Å²) in [7, 11) is 0. The molecule has 164 valence electrons. The molecular formula is C27H45NS. The maximum atomic E-state index is 5.01. The molecule has 1 heterocycles. The number of rotatable bonds is 13. The lowest BCUT2D eigenvalue weighted by atomic mass is 9.74. The van der Waals surface area contributed by atoms with Gasteiger partial charge in [-0.05, 0) is 67.9 Å². The van der Waals surface area contributed by atoms with Crippen molar-refractivity contribution in [3.8, 4) is 0 Å². The number of hydrogen-bond acceptors (Lipinski definition) is 2. The fourth-order valence-electron chi connectivity index (χ4n) is 3.62. The van der Waals surface area contributed by atoms with Crippen LogP contribution in [0.1, 0.15) is 117 Å². The van der Waals surface area contributed by atoms with Gasteiger partial charge in [0.2, 0.25) is 0 Å². The molecule has 0 spiro atoms. The molecule has 0 saturated heterocycles. The van der Waals surface area contributed by atoms with Crippen LogP contribution in [0.4, 0.5) is 0 Å². The SMILES string of the molecule is C=C(/C=C\C)C(C)(C)CCC(C)(C)C/C=C(\C)c1csc(C(CCC)CCC)n1. The van der Waals surface area contributed by atoms with Gasteiger partial charge >= 0.3 is 0 Å². The Bertz CT molecular complexity index is 681. The highest BCUT2D eigenvalue weighted by atomic mass is 32.1. The molecule has 0 unspecified atom stereocenters. The first kappa shape index (κ1) is 25.9. The van der Waals surface area contributed by atoms with E-state index in [4.69, 9.17) is 4.98 Å². The molecule has 0 bridgehead atoms. The second-order valence-corrected chi connectivity index (χ2v) is 10.9. The Labute approximate surface area is 185 Å². The van der Waals surface area contributed by atoms with Gasteiger partial charge in [0, 0.05) is 11.3 Å². The number of aromatic nitrogens is 1. The summed E-state index contributed by atoms with van der Waals surface area (Å²) >= 11 is 1.85. The topological polar surface area (TPSA) is 12.9 Å². The Morgan fingerprint density at radius 2 is 1.76 bits per heavy atom. The molecule has 0 saturated carbocycles. The van der Waals surface area contributed by atoms with E-state index in [0.717, 1.165) is 12.8 Å². The van der Waals surface area contributed by atoms with Crippen molar-refractivity contribution in [3.05, 3.63) is 46.5 Å². The normalized spacial score (nSPS) is 13.6. The average Bonchev–Trinajstić information content (AvgIpc) is 3.15. The lowest BCUT2D eigenvalue weighted by Gasteiger charge is -2.31. The lowest BCUT2D eigenvalue weighted by molar-refractivity contribution is 0.272. The van der Waals surface area contributed by atoms with Crippen molar-refractivity contribution in [1.82, 2.24) is 4.98 Å². The predicted octanol–water partition coefficient (Wildman–Crippen LogP) is 9.59. The van der Waals surface area contributed by atoms with Crippen LogP contribution in [-0.4, -0.2) is 4.98 Å². The lowest BCUT2D eigenvalue weighted by Crippen LogP contribution is -2.19. The van der Waals surface area contributed by atoms with Crippen molar-refractivity contribution in [2.75, 3.05) is 0 Å². The van der Waals surface area contributed by atoms with E-state index < -0.39 is 0 Å². The first-order valence-corrected chi connectivity index (χ1v) is 12.4. The third-order valence-corrected chi connectivity index (χ3v) is 7.18. The molecule has 0 N–H and O–H groups in total. The summed E-state index contributed by atoms with van der Waals surface area (Å²) in [4.78, 5) is 5.01. The van der Waals surface area contributed by atoms with E-state index in [9.17, 15) is 0 Å². The average molecular weight is 416 g/mol. The fraction of sp³-hybridized carbons (Fsp3) is 0.667. The third-order valence-electron chi connectivity index (χ3n) is 6.17. The van der Waals surface area contributed by atoms with E-state index in [2.05, 4.69) is 85.6 Å². The third kappa shape index (κ3) is 8.62. The number of nitrogens with zero attached hydrogens (tertiary/aromatic N) is 1. The summed E-state index contributed by atoms with van der Waals surface area (Å²) in [6.45, 7) is 22.5. The number of thiazole rings is 1. The Morgan fingerprint density at radius 3 is 2.31 bits per heavy atom. The summed E-state index contributed by atoms with van der Waals surface area (Å²) in [5.41, 5.74) is 4.16. The van der Waals surface area contributed by atoms with Gasteiger partial charge in [0.15, 0.2) is 0 Å². The Kier molecular flexibility index (Phi) is 10.6. The molecule has 29 heavy (non-hydrogen) atoms. The molecule has 0 atom stereocenters. The van der Waals surface area contributed by atoms with Crippen LogP contribution in [0.3, 0.4) is 0 Å². The molecule has 1 aromatic heterocycles. The fourth-order valence-corrected chi connectivity index (χ4v) is 4.67. The highest BCUT2D eigenvalue weighted by molar-refractivity contribution is 7.09. The highest BCUT2D eigenvalue weighted by Crippen LogP contribution is 2.38. The van der Waals surface area contributed by atoms with Crippen LogP contribution in [0.2, 0.25) is 0 Å². The van der Waals surface area contributed by atoms with E-state index in [1.165, 1.54) is 54.0 Å². The Morgan fingerprint density at radius 1 is 1.14 bits per heavy atom. The Hall–Kier alpha value is -1.15. The minimum absolute atomic E-state index is 0.153. The largest absolute Gasteiger partial charge is 0.241 e. The first-order chi connectivity index (χ1) is 13.6. The van der Waals surface area contributed by atoms with Crippen molar-refractivity contribution >= 4 is 16.9 Å². The van der Waals surface area contributed by atoms with Gasteiger partial charge in [-0.3, -0.25) is 0 Å². The molecule has 0 radical (unpaired) electrons. The molecule has 1 aromatic rings. The maximum absolute atomic E-state index is 5.01. The predicted molar refractivity (Wildman–Crippen MR) is 134 cm³/mol. The summed E-state index contributed by atoms with van der Waals surface area (Å²) in [6, 6.07) is 0. The van der Waals surface area contributed by atoms with Gasteiger partial charge in [0.1, 0.15) is 0 Å². The van der Waals surface area contributed by atoms with Crippen LogP contribution in [0.15, 0.2) is 35.8 Å². The van der Waals surface area contributed by atoms with E-state index in [-0.39, 0.29) is 10.8 Å². The molecular weight excluding hydrogens is 370 g/mol. The second kappa shape index (κ2) is 11.9. The van der Waals surface area contributed by atoms with E-state index in [1.807, 2.05) is 11.3 Å². The van der Waals surface area contributed by atoms with Crippen LogP contribution in [0.25, 0.3) is 5.57 Å². The molecule has 0 aliphatic carbocycles. The molecule has 0 amide bonds. The van der Waals surface area contributed by atoms with E-state index >= 15 is 0 Å². The van der Waals surface area contributed by atoms with Crippen LogP contribution in [0.5, 0.6) is 0 Å². The van der Waals surface area contributed by atoms with Crippen molar-refractivity contribution in [1.29, 1.82) is 0 Å². The minimum atomic E-state index is 0.153. The van der Waals surface area contributed by atoms with Gasteiger partial charge in [-0.15, -0.1) is 11.3 Å². The van der Waals surface area contributed by atoms with E-state index in [0.29, 0.717) is 5.92 Å². The van der Waals surface area contributed by atoms with Gasteiger partial charge in [-0.1, -0.05) is 79.2 Å². The molecule has 1 rings (SSSR count). The number of allylic oxidation sites excluding steroid dienone is 5. The summed E-state index contributed by atoms with van der Waals surface area (Å²) < 4.78 is 0. The highest BCUT2D eigenvalue weighted by Gasteiger charge is 2.25. The van der Waals surface area contributed by atoms with Crippen molar-refractivity contribution in [2.24, 2.45) is 10.8 Å². The van der Waals surface area contributed by atoms with Gasteiger partial charge < -0.3 is 0 Å². The Balaban J connectivity index is 2.75. The zero-order valence-electron chi connectivity index (χ0n) is 20.4. The summed E-state index contributed by atoms with van der Waals surface area (Å²) in [6.07, 6.45) is 15.1. The quantitative estimate of drug-likeness (QED) is 0.292. The standard InChI is InChI=1S/C27H45NS/c1-10-13-22(5)27(8,9)19-18-26(6,7)17-16-21(4)24-20-29-25(28-24)23(14-11-2)15-12-3/h10,13,16,20,23H,5,11-12,14-15,17-19H2,1-4,6-9H3/b13-10-,21-16+. The molecule has 0 aliphatic rings. The second-order valence-electron chi connectivity index (χ2n) is 10.0. The molecule has 1 nitrogen and oxygen atoms in total. The first-order valence-electron chi connectivity index (χ1n) is 11.5. The zero-order valence-corrected chi connectivity index (χ0v) is 21.2. The van der Waals surface area contributed by atoms with Crippen LogP contribution >= 0.6 is 11.3 Å². The van der Waals surface area contributed by atoms with Gasteiger partial charge in [-0.25, -0.2) is 4.98 Å². The maximum Gasteiger partial charge on any atom is 0.0963 e. The molecule has 0 fully saturated rings. The van der Waals surface area contributed by atoms with E-state index in [1.54, 1.807) is 0 Å². The van der Waals surface area contributed by atoms with Crippen LogP contribution in [-0.2, 0) is 0 Å². The van der Waals surface area contributed by atoms with Gasteiger partial charge in [0.05, 0.1) is 10.7 Å². The minimum Gasteiger partial charge on any atom is -0.241 e. The van der Waals surface area contributed by atoms with Gasteiger partial charge in [0.25, 0.3) is 0 Å². The van der Waals surface area contributed by atoms with Crippen molar-refractivity contribution < 1.29 is 0 Å². The molecule has 2 heteroatoms. The number of hydrogen-bond donors (Lipinski definition) is 0. The van der Waals surface area contributed by atoms with Gasteiger partial charge in [-0.2, -0.15) is 0 Å². The zero-order chi connectivity index (χ0) is 22.1. The summed E-state index contributed by atoms with van der Waals surface area (Å²) in [5.74, 6) is 0.639. The van der Waals surface area contributed by atoms with Crippen molar-refractivity contribution in [3.63, 3.8) is 0 Å². The van der Waals surface area contributed by atoms with Crippen molar-refractivity contribution in [2.45, 2.75) is 106 Å². The molecule has 0 aliphatic heterocycles. The monoisotopic (exact) mass is 415 g/mol. The van der Waals surface area contributed by atoms with Crippen LogP contribution < -0.4 is 0 Å². The van der Waals surface area contributed by atoms with Crippen LogP contribution in [0, 0.1) is 10.8 Å². The molecule has 0 aromatic carbocycles.